The molecule has 1 atom stereocenters. The molecule has 0 saturated heterocycles. The van der Waals surface area contributed by atoms with Gasteiger partial charge in [-0.15, -0.1) is 11.3 Å². The topological polar surface area (TPSA) is 24.9 Å². The summed E-state index contributed by atoms with van der Waals surface area (Å²) in [5.74, 6) is 0. The Morgan fingerprint density at radius 3 is 2.65 bits per heavy atom. The summed E-state index contributed by atoms with van der Waals surface area (Å²) in [4.78, 5) is 6.23. The molecule has 0 radical (unpaired) electrons. The predicted octanol–water partition coefficient (Wildman–Crippen LogP) is 4.05. The number of thiazole rings is 1. The van der Waals surface area contributed by atoms with Gasteiger partial charge in [0.05, 0.1) is 11.7 Å². The summed E-state index contributed by atoms with van der Waals surface area (Å²) in [7, 11) is 0. The van der Waals surface area contributed by atoms with Crippen molar-refractivity contribution < 1.29 is 0 Å². The van der Waals surface area contributed by atoms with E-state index in [9.17, 15) is 0 Å². The summed E-state index contributed by atoms with van der Waals surface area (Å²) in [6.07, 6.45) is 4.70. The summed E-state index contributed by atoms with van der Waals surface area (Å²) in [5, 5.41) is 5.03. The van der Waals surface area contributed by atoms with Crippen molar-refractivity contribution in [1.29, 1.82) is 0 Å². The fourth-order valence-corrected chi connectivity index (χ4v) is 3.60. The lowest BCUT2D eigenvalue weighted by atomic mass is 10.1. The Labute approximate surface area is 125 Å². The minimum Gasteiger partial charge on any atom is -0.305 e. The first-order valence-corrected chi connectivity index (χ1v) is 8.34. The van der Waals surface area contributed by atoms with E-state index < -0.39 is 0 Å². The molecule has 1 aliphatic rings. The van der Waals surface area contributed by atoms with Crippen molar-refractivity contribution in [2.45, 2.75) is 51.6 Å². The van der Waals surface area contributed by atoms with Crippen molar-refractivity contribution >= 4 is 11.3 Å². The first-order chi connectivity index (χ1) is 9.76. The van der Waals surface area contributed by atoms with Crippen LogP contribution in [0.1, 0.15) is 46.9 Å². The van der Waals surface area contributed by atoms with Crippen LogP contribution in [0, 0.1) is 6.92 Å². The van der Waals surface area contributed by atoms with Crippen molar-refractivity contribution in [3.8, 4) is 0 Å². The van der Waals surface area contributed by atoms with Crippen LogP contribution in [0.25, 0.3) is 0 Å². The third-order valence-electron chi connectivity index (χ3n) is 3.84. The van der Waals surface area contributed by atoms with E-state index in [-0.39, 0.29) is 0 Å². The van der Waals surface area contributed by atoms with Gasteiger partial charge in [0.15, 0.2) is 0 Å². The molecule has 1 heterocycles. The molecule has 0 spiro atoms. The molecule has 0 bridgehead atoms. The Bertz CT molecular complexity index is 558. The third kappa shape index (κ3) is 3.28. The van der Waals surface area contributed by atoms with Crippen LogP contribution in [0.2, 0.25) is 0 Å². The molecule has 20 heavy (non-hydrogen) atoms. The van der Waals surface area contributed by atoms with E-state index in [1.165, 1.54) is 34.0 Å². The predicted molar refractivity (Wildman–Crippen MR) is 85.3 cm³/mol. The molecule has 0 amide bonds. The van der Waals surface area contributed by atoms with Crippen molar-refractivity contribution in [2.75, 3.05) is 0 Å². The van der Waals surface area contributed by atoms with Gasteiger partial charge in [0.2, 0.25) is 0 Å². The van der Waals surface area contributed by atoms with Gasteiger partial charge in [0.25, 0.3) is 0 Å². The second-order valence-corrected chi connectivity index (χ2v) is 6.83. The molecule has 3 heteroatoms. The minimum absolute atomic E-state index is 0.369. The monoisotopic (exact) mass is 286 g/mol. The molecule has 1 fully saturated rings. The number of aryl methyl sites for hydroxylation is 2. The number of rotatable bonds is 6. The Kier molecular flexibility index (Phi) is 4.18. The maximum absolute atomic E-state index is 4.86. The summed E-state index contributed by atoms with van der Waals surface area (Å²) in [6.45, 7) is 4.38. The average molecular weight is 286 g/mol. The molecule has 1 aliphatic carbocycles. The number of nitrogens with zero attached hydrogens (tertiary/aromatic N) is 1. The highest BCUT2D eigenvalue weighted by Gasteiger charge is 2.27. The number of nitrogens with one attached hydrogen (secondary N) is 1. The van der Waals surface area contributed by atoms with Crippen molar-refractivity contribution in [3.63, 3.8) is 0 Å². The van der Waals surface area contributed by atoms with Crippen molar-refractivity contribution in [1.82, 2.24) is 10.3 Å². The number of benzene rings is 1. The maximum atomic E-state index is 4.86. The summed E-state index contributed by atoms with van der Waals surface area (Å²) in [5.41, 5.74) is 2.65. The van der Waals surface area contributed by atoms with Crippen LogP contribution in [0.15, 0.2) is 30.3 Å². The number of aromatic nitrogens is 1. The van der Waals surface area contributed by atoms with E-state index in [1.54, 1.807) is 0 Å². The van der Waals surface area contributed by atoms with Gasteiger partial charge in [-0.3, -0.25) is 0 Å². The van der Waals surface area contributed by atoms with Crippen LogP contribution in [-0.2, 0) is 12.8 Å². The van der Waals surface area contributed by atoms with Crippen LogP contribution in [0.4, 0.5) is 0 Å². The first kappa shape index (κ1) is 13.8. The van der Waals surface area contributed by atoms with Crippen LogP contribution < -0.4 is 5.32 Å². The number of hydrogen-bond acceptors (Lipinski definition) is 3. The van der Waals surface area contributed by atoms with E-state index >= 15 is 0 Å². The molecule has 2 nitrogen and oxygen atoms in total. The van der Waals surface area contributed by atoms with Gasteiger partial charge in [0, 0.05) is 10.9 Å². The molecule has 1 saturated carbocycles. The second-order valence-electron chi connectivity index (χ2n) is 5.59. The molecule has 2 aromatic rings. The normalized spacial score (nSPS) is 16.3. The standard InChI is InChI=1S/C17H22N2S/c1-3-15-12(2)20-17(19-15)16(18-14-9-10-14)11-13-7-5-4-6-8-13/h4-8,14,16,18H,3,9-11H2,1-2H3. The van der Waals surface area contributed by atoms with E-state index in [4.69, 9.17) is 4.98 Å². The zero-order valence-corrected chi connectivity index (χ0v) is 13.0. The largest absolute Gasteiger partial charge is 0.305 e. The quantitative estimate of drug-likeness (QED) is 0.866. The second kappa shape index (κ2) is 6.06. The zero-order chi connectivity index (χ0) is 13.9. The Morgan fingerprint density at radius 2 is 2.05 bits per heavy atom. The van der Waals surface area contributed by atoms with Gasteiger partial charge < -0.3 is 5.32 Å². The van der Waals surface area contributed by atoms with Gasteiger partial charge in [-0.1, -0.05) is 37.3 Å². The summed E-state index contributed by atoms with van der Waals surface area (Å²) in [6, 6.07) is 11.8. The van der Waals surface area contributed by atoms with Crippen LogP contribution in [-0.4, -0.2) is 11.0 Å². The smallest absolute Gasteiger partial charge is 0.110 e. The van der Waals surface area contributed by atoms with Gasteiger partial charge in [-0.05, 0) is 38.2 Å². The lowest BCUT2D eigenvalue weighted by Gasteiger charge is -2.16. The lowest BCUT2D eigenvalue weighted by molar-refractivity contribution is 0.524. The zero-order valence-electron chi connectivity index (χ0n) is 12.2. The maximum Gasteiger partial charge on any atom is 0.110 e. The average Bonchev–Trinajstić information content (AvgIpc) is 3.20. The van der Waals surface area contributed by atoms with Crippen LogP contribution in [0.5, 0.6) is 0 Å². The fraction of sp³-hybridized carbons (Fsp3) is 0.471. The van der Waals surface area contributed by atoms with Gasteiger partial charge in [0.1, 0.15) is 5.01 Å². The van der Waals surface area contributed by atoms with Crippen molar-refractivity contribution in [3.05, 3.63) is 51.5 Å². The first-order valence-electron chi connectivity index (χ1n) is 7.52. The molecule has 106 valence electrons. The molecule has 1 aromatic carbocycles. The van der Waals surface area contributed by atoms with Crippen LogP contribution in [0.3, 0.4) is 0 Å². The highest BCUT2D eigenvalue weighted by atomic mass is 32.1. The molecule has 3 rings (SSSR count). The molecule has 1 N–H and O–H groups in total. The molecule has 1 unspecified atom stereocenters. The molecule has 0 aliphatic heterocycles. The van der Waals surface area contributed by atoms with Gasteiger partial charge >= 0.3 is 0 Å². The Hall–Kier alpha value is -1.19. The fourth-order valence-electron chi connectivity index (χ4n) is 2.53. The Morgan fingerprint density at radius 1 is 1.30 bits per heavy atom. The lowest BCUT2D eigenvalue weighted by Crippen LogP contribution is -2.25. The van der Waals surface area contributed by atoms with E-state index in [0.29, 0.717) is 12.1 Å². The third-order valence-corrected chi connectivity index (χ3v) is 4.97. The highest BCUT2D eigenvalue weighted by molar-refractivity contribution is 7.11. The SMILES string of the molecule is CCc1nc(C(Cc2ccccc2)NC2CC2)sc1C. The summed E-state index contributed by atoms with van der Waals surface area (Å²) < 4.78 is 0. The van der Waals surface area contributed by atoms with Crippen LogP contribution >= 0.6 is 11.3 Å². The van der Waals surface area contributed by atoms with E-state index in [1.807, 2.05) is 11.3 Å². The molecule has 1 aromatic heterocycles. The summed E-state index contributed by atoms with van der Waals surface area (Å²) >= 11 is 1.86. The Balaban J connectivity index is 1.81. The molecular weight excluding hydrogens is 264 g/mol. The molecular formula is C17H22N2S. The van der Waals surface area contributed by atoms with E-state index in [0.717, 1.165) is 12.8 Å². The highest BCUT2D eigenvalue weighted by Crippen LogP contribution is 2.30. The van der Waals surface area contributed by atoms with E-state index in [2.05, 4.69) is 49.5 Å². The van der Waals surface area contributed by atoms with Gasteiger partial charge in [-0.25, -0.2) is 4.98 Å². The number of hydrogen-bond donors (Lipinski definition) is 1. The minimum atomic E-state index is 0.369. The van der Waals surface area contributed by atoms with Crippen molar-refractivity contribution in [2.24, 2.45) is 0 Å². The van der Waals surface area contributed by atoms with Gasteiger partial charge in [-0.2, -0.15) is 0 Å².